The fourth-order valence-corrected chi connectivity index (χ4v) is 2.05. The third kappa shape index (κ3) is 4.23. The number of likely N-dealkylation sites (N-methyl/N-ethyl adjacent to an activating group) is 1. The molecule has 2 aromatic rings. The van der Waals surface area contributed by atoms with Crippen molar-refractivity contribution in [2.24, 2.45) is 0 Å². The lowest BCUT2D eigenvalue weighted by molar-refractivity contribution is -0.385. The van der Waals surface area contributed by atoms with E-state index in [4.69, 9.17) is 0 Å². The zero-order chi connectivity index (χ0) is 16.8. The largest absolute Gasteiger partial charge is 0.338 e. The van der Waals surface area contributed by atoms with Crippen molar-refractivity contribution in [2.45, 2.75) is 6.54 Å². The van der Waals surface area contributed by atoms with Gasteiger partial charge in [-0.3, -0.25) is 14.9 Å². The molecule has 0 radical (unpaired) electrons. The number of nitro groups is 1. The number of carbonyl (C=O) groups excluding carboxylic acids is 1. The average Bonchev–Trinajstić information content (AvgIpc) is 2.54. The minimum absolute atomic E-state index is 0.0368. The second-order valence-corrected chi connectivity index (χ2v) is 4.93. The first-order valence-electron chi connectivity index (χ1n) is 6.89. The van der Waals surface area contributed by atoms with Crippen molar-refractivity contribution in [1.82, 2.24) is 4.90 Å². The van der Waals surface area contributed by atoms with Crippen molar-refractivity contribution in [3.8, 4) is 0 Å². The van der Waals surface area contributed by atoms with Gasteiger partial charge in [0.25, 0.3) is 5.69 Å². The molecule has 0 aliphatic heterocycles. The Hall–Kier alpha value is -3.02. The van der Waals surface area contributed by atoms with Crippen LogP contribution in [0.15, 0.2) is 54.6 Å². The Labute approximate surface area is 132 Å². The highest BCUT2D eigenvalue weighted by atomic mass is 19.1. The molecular weight excluding hydrogens is 299 g/mol. The minimum atomic E-state index is -0.483. The zero-order valence-electron chi connectivity index (χ0n) is 12.5. The molecule has 0 saturated carbocycles. The Kier molecular flexibility index (Phi) is 5.19. The van der Waals surface area contributed by atoms with E-state index in [0.29, 0.717) is 11.1 Å². The predicted molar refractivity (Wildman–Crippen MR) is 85.0 cm³/mol. The second-order valence-electron chi connectivity index (χ2n) is 4.93. The first-order chi connectivity index (χ1) is 11.0. The quantitative estimate of drug-likeness (QED) is 0.482. The monoisotopic (exact) mass is 314 g/mol. The van der Waals surface area contributed by atoms with Crippen LogP contribution in [0.25, 0.3) is 6.08 Å². The van der Waals surface area contributed by atoms with Crippen LogP contribution in [0.1, 0.15) is 11.1 Å². The average molecular weight is 314 g/mol. The summed E-state index contributed by atoms with van der Waals surface area (Å²) in [4.78, 5) is 23.9. The number of amides is 1. The first kappa shape index (κ1) is 16.4. The molecule has 2 aromatic carbocycles. The van der Waals surface area contributed by atoms with Crippen LogP contribution in [0.5, 0.6) is 0 Å². The number of halogens is 1. The summed E-state index contributed by atoms with van der Waals surface area (Å²) in [5.41, 5.74) is 0.706. The van der Waals surface area contributed by atoms with Gasteiger partial charge < -0.3 is 4.90 Å². The Balaban J connectivity index is 2.09. The van der Waals surface area contributed by atoms with Gasteiger partial charge in [-0.25, -0.2) is 4.39 Å². The molecule has 1 amide bonds. The molecule has 0 unspecified atom stereocenters. The number of rotatable bonds is 5. The lowest BCUT2D eigenvalue weighted by Crippen LogP contribution is -2.24. The summed E-state index contributed by atoms with van der Waals surface area (Å²) in [6.45, 7) is 0.0948. The van der Waals surface area contributed by atoms with Crippen molar-refractivity contribution < 1.29 is 14.1 Å². The van der Waals surface area contributed by atoms with Gasteiger partial charge in [0, 0.05) is 30.3 Å². The number of nitrogens with zero attached hydrogens (tertiary/aromatic N) is 2. The minimum Gasteiger partial charge on any atom is -0.338 e. The van der Waals surface area contributed by atoms with Crippen LogP contribution in [0, 0.1) is 15.9 Å². The molecule has 0 atom stereocenters. The summed E-state index contributed by atoms with van der Waals surface area (Å²) in [6.07, 6.45) is 2.63. The number of hydrogen-bond donors (Lipinski definition) is 0. The van der Waals surface area contributed by atoms with Crippen molar-refractivity contribution in [3.63, 3.8) is 0 Å². The predicted octanol–water partition coefficient (Wildman–Crippen LogP) is 3.41. The number of nitro benzene ring substituents is 1. The van der Waals surface area contributed by atoms with Gasteiger partial charge in [-0.1, -0.05) is 36.4 Å². The molecule has 118 valence electrons. The van der Waals surface area contributed by atoms with E-state index in [-0.39, 0.29) is 18.1 Å². The summed E-state index contributed by atoms with van der Waals surface area (Å²) in [6, 6.07) is 12.3. The van der Waals surface area contributed by atoms with Crippen LogP contribution in [-0.4, -0.2) is 22.8 Å². The molecule has 0 heterocycles. The Morgan fingerprint density at radius 3 is 2.57 bits per heavy atom. The van der Waals surface area contributed by atoms with E-state index in [2.05, 4.69) is 0 Å². The number of benzene rings is 2. The van der Waals surface area contributed by atoms with Crippen molar-refractivity contribution in [3.05, 3.63) is 81.7 Å². The maximum Gasteiger partial charge on any atom is 0.274 e. The summed E-state index contributed by atoms with van der Waals surface area (Å²) in [5, 5.41) is 11.0. The Bertz CT molecular complexity index is 759. The van der Waals surface area contributed by atoms with Gasteiger partial charge in [0.05, 0.1) is 11.5 Å². The van der Waals surface area contributed by atoms with Crippen LogP contribution in [0.3, 0.4) is 0 Å². The van der Waals surface area contributed by atoms with Gasteiger partial charge >= 0.3 is 0 Å². The van der Waals surface area contributed by atoms with E-state index in [1.54, 1.807) is 36.4 Å². The smallest absolute Gasteiger partial charge is 0.274 e. The van der Waals surface area contributed by atoms with E-state index in [0.717, 1.165) is 0 Å². The third-order valence-electron chi connectivity index (χ3n) is 3.28. The molecule has 0 aliphatic rings. The van der Waals surface area contributed by atoms with E-state index in [1.807, 2.05) is 0 Å². The molecule has 0 N–H and O–H groups in total. The molecule has 0 aromatic heterocycles. The van der Waals surface area contributed by atoms with Gasteiger partial charge in [-0.2, -0.15) is 0 Å². The molecule has 0 fully saturated rings. The van der Waals surface area contributed by atoms with Gasteiger partial charge in [-0.05, 0) is 12.1 Å². The molecule has 0 bridgehead atoms. The molecule has 0 aliphatic carbocycles. The lowest BCUT2D eigenvalue weighted by atomic mass is 10.1. The number of carbonyl (C=O) groups is 1. The number of hydrogen-bond acceptors (Lipinski definition) is 3. The zero-order valence-corrected chi connectivity index (χ0v) is 12.5. The van der Waals surface area contributed by atoms with Gasteiger partial charge in [-0.15, -0.1) is 0 Å². The maximum atomic E-state index is 13.5. The fourth-order valence-electron chi connectivity index (χ4n) is 2.05. The first-order valence-corrected chi connectivity index (χ1v) is 6.89. The third-order valence-corrected chi connectivity index (χ3v) is 3.28. The summed E-state index contributed by atoms with van der Waals surface area (Å²) in [7, 11) is 1.53. The van der Waals surface area contributed by atoms with E-state index >= 15 is 0 Å². The molecule has 6 heteroatoms. The Morgan fingerprint density at radius 1 is 1.22 bits per heavy atom. The van der Waals surface area contributed by atoms with Crippen LogP contribution in [0.2, 0.25) is 0 Å². The Morgan fingerprint density at radius 2 is 1.87 bits per heavy atom. The van der Waals surface area contributed by atoms with Gasteiger partial charge in [0.15, 0.2) is 0 Å². The van der Waals surface area contributed by atoms with Crippen LogP contribution < -0.4 is 0 Å². The fraction of sp³-hybridized carbons (Fsp3) is 0.118. The molecular formula is C17H15FN2O3. The highest BCUT2D eigenvalue weighted by molar-refractivity contribution is 5.91. The van der Waals surface area contributed by atoms with Crippen LogP contribution in [-0.2, 0) is 11.3 Å². The second kappa shape index (κ2) is 7.31. The van der Waals surface area contributed by atoms with E-state index < -0.39 is 10.7 Å². The summed E-state index contributed by atoms with van der Waals surface area (Å²) in [5.74, 6) is -0.788. The summed E-state index contributed by atoms with van der Waals surface area (Å²) >= 11 is 0. The molecule has 2 rings (SSSR count). The van der Waals surface area contributed by atoms with Crippen molar-refractivity contribution >= 4 is 17.7 Å². The maximum absolute atomic E-state index is 13.5. The molecule has 0 spiro atoms. The van der Waals surface area contributed by atoms with Crippen LogP contribution in [0.4, 0.5) is 10.1 Å². The highest BCUT2D eigenvalue weighted by Gasteiger charge is 2.15. The highest BCUT2D eigenvalue weighted by Crippen LogP contribution is 2.19. The van der Waals surface area contributed by atoms with E-state index in [9.17, 15) is 19.3 Å². The topological polar surface area (TPSA) is 63.4 Å². The van der Waals surface area contributed by atoms with Crippen LogP contribution >= 0.6 is 0 Å². The molecule has 0 saturated heterocycles. The van der Waals surface area contributed by atoms with Crippen molar-refractivity contribution in [2.75, 3.05) is 7.05 Å². The standard InChI is InChI=1S/C17H15FN2O3/c1-19(12-14-7-3-5-9-16(14)20(22)23)17(21)11-10-13-6-2-4-8-15(13)18/h2-11H,12H2,1H3/b11-10+. The SMILES string of the molecule is CN(Cc1ccccc1[N+](=O)[O-])C(=O)/C=C/c1ccccc1F. The van der Waals surface area contributed by atoms with Gasteiger partial charge in [0.1, 0.15) is 5.82 Å². The molecule has 5 nitrogen and oxygen atoms in total. The normalized spacial score (nSPS) is 10.7. The van der Waals surface area contributed by atoms with Crippen molar-refractivity contribution in [1.29, 1.82) is 0 Å². The lowest BCUT2D eigenvalue weighted by Gasteiger charge is -2.15. The van der Waals surface area contributed by atoms with Gasteiger partial charge in [0.2, 0.25) is 5.91 Å². The van der Waals surface area contributed by atoms with E-state index in [1.165, 1.54) is 36.2 Å². The molecule has 23 heavy (non-hydrogen) atoms. The summed E-state index contributed by atoms with van der Waals surface area (Å²) < 4.78 is 13.5. The number of para-hydroxylation sites is 1.